The molecule has 30 heavy (non-hydrogen) atoms. The van der Waals surface area contributed by atoms with Crippen LogP contribution in [0.2, 0.25) is 0 Å². The van der Waals surface area contributed by atoms with Crippen LogP contribution in [-0.4, -0.2) is 45.8 Å². The Kier molecular flexibility index (Phi) is 9.75. The highest BCUT2D eigenvalue weighted by atomic mass is 35.5. The normalized spacial score (nSPS) is 20.7. The van der Waals surface area contributed by atoms with Crippen molar-refractivity contribution in [2.75, 3.05) is 13.1 Å². The van der Waals surface area contributed by atoms with Gasteiger partial charge < -0.3 is 10.2 Å². The summed E-state index contributed by atoms with van der Waals surface area (Å²) in [5.41, 5.74) is 0. The van der Waals surface area contributed by atoms with Gasteiger partial charge in [-0.2, -0.15) is 0 Å². The van der Waals surface area contributed by atoms with Gasteiger partial charge in [0.05, 0.1) is 9.74 Å². The number of hydrogen-bond acceptors (Lipinski definition) is 4. The highest BCUT2D eigenvalue weighted by Gasteiger charge is 2.34. The van der Waals surface area contributed by atoms with Crippen LogP contribution in [0, 0.1) is 0 Å². The number of benzene rings is 1. The van der Waals surface area contributed by atoms with E-state index in [1.165, 1.54) is 35.9 Å². The van der Waals surface area contributed by atoms with Crippen LogP contribution in [-0.2, 0) is 0 Å². The molecule has 1 aliphatic heterocycles. The minimum Gasteiger partial charge on any atom is -0.326 e. The summed E-state index contributed by atoms with van der Waals surface area (Å²) < 4.78 is 3.16. The molecule has 2 fully saturated rings. The largest absolute Gasteiger partial charge is 0.326 e. The monoisotopic (exact) mass is 467 g/mol. The number of nitrogens with one attached hydrogen (secondary N) is 1. The van der Waals surface area contributed by atoms with Gasteiger partial charge in [-0.25, -0.2) is 9.10 Å². The van der Waals surface area contributed by atoms with Crippen LogP contribution in [0.5, 0.6) is 0 Å². The van der Waals surface area contributed by atoms with E-state index in [1.807, 2.05) is 31.9 Å². The zero-order valence-electron chi connectivity index (χ0n) is 18.1. The van der Waals surface area contributed by atoms with Gasteiger partial charge in [-0.15, -0.1) is 0 Å². The third kappa shape index (κ3) is 7.11. The first-order chi connectivity index (χ1) is 14.6. The molecule has 166 valence electrons. The second-order valence-electron chi connectivity index (χ2n) is 8.07. The fraction of sp³-hybridized carbons (Fsp3) is 0.609. The molecule has 1 heterocycles. The van der Waals surface area contributed by atoms with Gasteiger partial charge >= 0.3 is 6.03 Å². The molecular weight excluding hydrogens is 434 g/mol. The average molecular weight is 468 g/mol. The van der Waals surface area contributed by atoms with E-state index in [0.717, 1.165) is 43.1 Å². The van der Waals surface area contributed by atoms with Crippen molar-refractivity contribution in [3.8, 4) is 0 Å². The molecule has 7 heteroatoms. The summed E-state index contributed by atoms with van der Waals surface area (Å²) >= 11 is 9.48. The van der Waals surface area contributed by atoms with Crippen molar-refractivity contribution in [3.05, 3.63) is 40.8 Å². The first-order valence-electron chi connectivity index (χ1n) is 11.1. The van der Waals surface area contributed by atoms with Crippen molar-refractivity contribution in [3.63, 3.8) is 0 Å². The minimum absolute atomic E-state index is 0.0407. The minimum atomic E-state index is -0.0407. The quantitative estimate of drug-likeness (QED) is 0.358. The molecule has 1 saturated carbocycles. The molecule has 2 aliphatic rings. The van der Waals surface area contributed by atoms with Crippen LogP contribution in [0.3, 0.4) is 0 Å². The lowest BCUT2D eigenvalue weighted by atomic mass is 9.91. The smallest absolute Gasteiger partial charge is 0.318 e. The van der Waals surface area contributed by atoms with Crippen molar-refractivity contribution in [2.45, 2.75) is 81.1 Å². The van der Waals surface area contributed by atoms with Crippen molar-refractivity contribution in [1.29, 1.82) is 0 Å². The second kappa shape index (κ2) is 12.3. The summed E-state index contributed by atoms with van der Waals surface area (Å²) in [6.45, 7) is 5.94. The highest BCUT2D eigenvalue weighted by molar-refractivity contribution is 8.05. The van der Waals surface area contributed by atoms with E-state index >= 15 is 0 Å². The van der Waals surface area contributed by atoms with Crippen molar-refractivity contribution in [1.82, 2.24) is 14.5 Å². The summed E-state index contributed by atoms with van der Waals surface area (Å²) in [7, 11) is 0. The molecule has 1 N–H and O–H groups in total. The zero-order valence-corrected chi connectivity index (χ0v) is 20.4. The van der Waals surface area contributed by atoms with Gasteiger partial charge in [-0.05, 0) is 63.6 Å². The molecule has 0 bridgehead atoms. The van der Waals surface area contributed by atoms with Crippen LogP contribution in [0.4, 0.5) is 4.79 Å². The predicted octanol–water partition coefficient (Wildman–Crippen LogP) is 6.68. The van der Waals surface area contributed by atoms with E-state index in [0.29, 0.717) is 12.1 Å². The van der Waals surface area contributed by atoms with Gasteiger partial charge in [0.2, 0.25) is 0 Å². The molecule has 1 saturated heterocycles. The Labute approximate surface area is 195 Å². The summed E-state index contributed by atoms with van der Waals surface area (Å²) in [5.74, 6) is 0. The number of rotatable bonds is 7. The number of amides is 2. The summed E-state index contributed by atoms with van der Waals surface area (Å²) in [6, 6.07) is 11.3. The van der Waals surface area contributed by atoms with Crippen molar-refractivity contribution >= 4 is 41.3 Å². The molecule has 1 atom stereocenters. The Hall–Kier alpha value is -0.820. The molecular formula is C23H34ClN3OS2. The lowest BCUT2D eigenvalue weighted by molar-refractivity contribution is 0.0986. The molecule has 4 nitrogen and oxygen atoms in total. The van der Waals surface area contributed by atoms with Gasteiger partial charge in [0.15, 0.2) is 0 Å². The van der Waals surface area contributed by atoms with E-state index in [2.05, 4.69) is 44.9 Å². The fourth-order valence-corrected chi connectivity index (χ4v) is 6.35. The van der Waals surface area contributed by atoms with Crippen LogP contribution < -0.4 is 5.32 Å². The SMILES string of the molecule is C/C=C(/Cl)SC(C)NC(=O)N(C1CCCCC1)C1CCN(Sc2ccccc2)CC1. The standard InChI is InChI=1S/C23H34ClN3OS2/c1-3-22(24)29-18(2)25-23(28)27(19-10-6-4-7-11-19)20-14-16-26(17-15-20)30-21-12-8-5-9-13-21/h3,5,8-9,12-13,18-20H,4,6-7,10-11,14-17H2,1-2H3,(H,25,28)/b22-3-. The average Bonchev–Trinajstić information content (AvgIpc) is 2.76. The van der Waals surface area contributed by atoms with Crippen molar-refractivity contribution in [2.24, 2.45) is 0 Å². The maximum absolute atomic E-state index is 13.3. The maximum Gasteiger partial charge on any atom is 0.318 e. The number of nitrogens with zero attached hydrogens (tertiary/aromatic N) is 2. The van der Waals surface area contributed by atoms with Crippen LogP contribution in [0.1, 0.15) is 58.8 Å². The number of piperidine rings is 1. The van der Waals surface area contributed by atoms with Crippen LogP contribution in [0.15, 0.2) is 45.7 Å². The lowest BCUT2D eigenvalue weighted by Crippen LogP contribution is -2.55. The van der Waals surface area contributed by atoms with Crippen molar-refractivity contribution < 1.29 is 4.79 Å². The van der Waals surface area contributed by atoms with E-state index < -0.39 is 0 Å². The number of thioether (sulfide) groups is 1. The maximum atomic E-state index is 13.3. The Balaban J connectivity index is 1.60. The Morgan fingerprint density at radius 1 is 1.13 bits per heavy atom. The molecule has 1 aliphatic carbocycles. The van der Waals surface area contributed by atoms with E-state index in [1.54, 1.807) is 0 Å². The number of carbonyl (C=O) groups is 1. The molecule has 1 unspecified atom stereocenters. The lowest BCUT2D eigenvalue weighted by Gasteiger charge is -2.43. The van der Waals surface area contributed by atoms with Gasteiger partial charge in [-0.3, -0.25) is 0 Å². The molecule has 0 aromatic heterocycles. The first-order valence-corrected chi connectivity index (χ1v) is 13.1. The number of carbonyl (C=O) groups excluding carboxylic acids is 1. The van der Waals surface area contributed by atoms with Gasteiger partial charge in [0.1, 0.15) is 0 Å². The zero-order chi connectivity index (χ0) is 21.3. The molecule has 0 spiro atoms. The summed E-state index contributed by atoms with van der Waals surface area (Å²) in [4.78, 5) is 16.8. The molecule has 1 aromatic rings. The summed E-state index contributed by atoms with van der Waals surface area (Å²) in [5, 5.41) is 3.16. The third-order valence-corrected chi connectivity index (χ3v) is 8.36. The second-order valence-corrected chi connectivity index (χ2v) is 11.3. The molecule has 2 amide bonds. The van der Waals surface area contributed by atoms with Crippen LogP contribution >= 0.6 is 35.3 Å². The predicted molar refractivity (Wildman–Crippen MR) is 131 cm³/mol. The van der Waals surface area contributed by atoms with Crippen LogP contribution in [0.25, 0.3) is 0 Å². The summed E-state index contributed by atoms with van der Waals surface area (Å²) in [6.07, 6.45) is 9.93. The fourth-order valence-electron chi connectivity index (χ4n) is 4.35. The molecule has 1 aromatic carbocycles. The number of hydrogen-bond donors (Lipinski definition) is 1. The Bertz CT molecular complexity index is 689. The number of allylic oxidation sites excluding steroid dienone is 1. The van der Waals surface area contributed by atoms with Gasteiger partial charge in [-0.1, -0.05) is 66.9 Å². The first kappa shape index (κ1) is 23.8. The molecule has 3 rings (SSSR count). The Morgan fingerprint density at radius 3 is 2.40 bits per heavy atom. The van der Waals surface area contributed by atoms with E-state index in [-0.39, 0.29) is 11.4 Å². The third-order valence-electron chi connectivity index (χ3n) is 5.84. The Morgan fingerprint density at radius 2 is 1.77 bits per heavy atom. The van der Waals surface area contributed by atoms with Gasteiger partial charge in [0, 0.05) is 30.1 Å². The van der Waals surface area contributed by atoms with Gasteiger partial charge in [0.25, 0.3) is 0 Å². The van der Waals surface area contributed by atoms with E-state index in [9.17, 15) is 4.79 Å². The highest BCUT2D eigenvalue weighted by Crippen LogP contribution is 2.32. The number of halogens is 1. The number of urea groups is 1. The molecule has 0 radical (unpaired) electrons. The van der Waals surface area contributed by atoms with E-state index in [4.69, 9.17) is 11.6 Å². The topological polar surface area (TPSA) is 35.6 Å².